The van der Waals surface area contributed by atoms with Gasteiger partial charge in [-0.3, -0.25) is 9.69 Å². The molecule has 2 aliphatic heterocycles. The van der Waals surface area contributed by atoms with Gasteiger partial charge in [-0.15, -0.1) is 11.3 Å². The third kappa shape index (κ3) is 4.31. The molecule has 0 radical (unpaired) electrons. The van der Waals surface area contributed by atoms with Crippen LogP contribution in [0.1, 0.15) is 30.6 Å². The highest BCUT2D eigenvalue weighted by Crippen LogP contribution is 2.26. The van der Waals surface area contributed by atoms with Crippen LogP contribution in [0.5, 0.6) is 0 Å². The van der Waals surface area contributed by atoms with Crippen molar-refractivity contribution in [2.75, 3.05) is 26.2 Å². The molecule has 1 amide bonds. The fourth-order valence-electron chi connectivity index (χ4n) is 3.38. The minimum absolute atomic E-state index is 0.0433. The lowest BCUT2D eigenvalue weighted by atomic mass is 9.97. The van der Waals surface area contributed by atoms with Crippen molar-refractivity contribution in [2.24, 2.45) is 5.92 Å². The minimum Gasteiger partial charge on any atom is -0.354 e. The zero-order valence-corrected chi connectivity index (χ0v) is 15.2. The van der Waals surface area contributed by atoms with E-state index < -0.39 is 0 Å². The summed E-state index contributed by atoms with van der Waals surface area (Å²) in [7, 11) is 0. The molecule has 2 fully saturated rings. The van der Waals surface area contributed by atoms with Gasteiger partial charge in [-0.25, -0.2) is 0 Å². The molecule has 4 nitrogen and oxygen atoms in total. The SMILES string of the molecule is O=C(NCC1CCCN(Cc2sccc2Br)C1)C1CCCN1. The molecule has 2 atom stereocenters. The van der Waals surface area contributed by atoms with Gasteiger partial charge in [0.15, 0.2) is 0 Å². The van der Waals surface area contributed by atoms with Gasteiger partial charge in [0.1, 0.15) is 0 Å². The molecule has 2 aliphatic rings. The van der Waals surface area contributed by atoms with Gasteiger partial charge < -0.3 is 10.6 Å². The van der Waals surface area contributed by atoms with Gasteiger partial charge in [-0.1, -0.05) is 0 Å². The van der Waals surface area contributed by atoms with Crippen LogP contribution in [0, 0.1) is 5.92 Å². The van der Waals surface area contributed by atoms with E-state index in [1.807, 2.05) is 11.3 Å². The third-order valence-electron chi connectivity index (χ3n) is 4.60. The molecule has 2 unspecified atom stereocenters. The summed E-state index contributed by atoms with van der Waals surface area (Å²) in [6, 6.07) is 2.16. The Hall–Kier alpha value is -0.430. The number of rotatable bonds is 5. The van der Waals surface area contributed by atoms with Crippen molar-refractivity contribution in [2.45, 2.75) is 38.3 Å². The van der Waals surface area contributed by atoms with E-state index in [9.17, 15) is 4.79 Å². The maximum absolute atomic E-state index is 12.1. The maximum atomic E-state index is 12.1. The highest BCUT2D eigenvalue weighted by Gasteiger charge is 2.24. The van der Waals surface area contributed by atoms with E-state index in [2.05, 4.69) is 42.9 Å². The largest absolute Gasteiger partial charge is 0.354 e. The van der Waals surface area contributed by atoms with Crippen LogP contribution in [-0.4, -0.2) is 43.0 Å². The smallest absolute Gasteiger partial charge is 0.237 e. The Morgan fingerprint density at radius 1 is 1.45 bits per heavy atom. The summed E-state index contributed by atoms with van der Waals surface area (Å²) in [5.74, 6) is 0.772. The lowest BCUT2D eigenvalue weighted by Gasteiger charge is -2.32. The fourth-order valence-corrected chi connectivity index (χ4v) is 4.90. The summed E-state index contributed by atoms with van der Waals surface area (Å²) < 4.78 is 1.22. The molecule has 2 N–H and O–H groups in total. The topological polar surface area (TPSA) is 44.4 Å². The zero-order chi connectivity index (χ0) is 15.4. The van der Waals surface area contributed by atoms with Crippen LogP contribution in [-0.2, 0) is 11.3 Å². The summed E-state index contributed by atoms with van der Waals surface area (Å²) in [5.41, 5.74) is 0. The quantitative estimate of drug-likeness (QED) is 0.818. The maximum Gasteiger partial charge on any atom is 0.237 e. The Morgan fingerprint density at radius 2 is 2.36 bits per heavy atom. The molecule has 1 aromatic rings. The van der Waals surface area contributed by atoms with Gasteiger partial charge in [-0.05, 0) is 72.1 Å². The van der Waals surface area contributed by atoms with Crippen molar-refractivity contribution in [3.8, 4) is 0 Å². The number of hydrogen-bond donors (Lipinski definition) is 2. The molecule has 1 aromatic heterocycles. The summed E-state index contributed by atoms with van der Waals surface area (Å²) in [5, 5.41) is 8.55. The normalized spacial score (nSPS) is 26.2. The predicted octanol–water partition coefficient (Wildman–Crippen LogP) is 2.59. The molecule has 0 saturated carbocycles. The van der Waals surface area contributed by atoms with Crippen LogP contribution >= 0.6 is 27.3 Å². The average Bonchev–Trinajstić information content (AvgIpc) is 3.18. The Bertz CT molecular complexity index is 501. The number of nitrogens with one attached hydrogen (secondary N) is 2. The summed E-state index contributed by atoms with van der Waals surface area (Å²) in [4.78, 5) is 16.0. The average molecular weight is 386 g/mol. The summed E-state index contributed by atoms with van der Waals surface area (Å²) in [6.45, 7) is 5.07. The van der Waals surface area contributed by atoms with E-state index >= 15 is 0 Å². The van der Waals surface area contributed by atoms with Gasteiger partial charge in [0, 0.05) is 29.0 Å². The molecule has 22 heavy (non-hydrogen) atoms. The second-order valence-electron chi connectivity index (χ2n) is 6.33. The Morgan fingerprint density at radius 3 is 3.09 bits per heavy atom. The van der Waals surface area contributed by atoms with Crippen LogP contribution in [0.25, 0.3) is 0 Å². The first-order valence-electron chi connectivity index (χ1n) is 8.17. The highest BCUT2D eigenvalue weighted by atomic mass is 79.9. The van der Waals surface area contributed by atoms with E-state index in [0.717, 1.165) is 39.0 Å². The van der Waals surface area contributed by atoms with Crippen molar-refractivity contribution in [3.63, 3.8) is 0 Å². The molecule has 3 heterocycles. The zero-order valence-electron chi connectivity index (χ0n) is 12.8. The van der Waals surface area contributed by atoms with Crippen molar-refractivity contribution >= 4 is 33.2 Å². The van der Waals surface area contributed by atoms with Crippen LogP contribution in [0.15, 0.2) is 15.9 Å². The van der Waals surface area contributed by atoms with Gasteiger partial charge >= 0.3 is 0 Å². The number of amides is 1. The van der Waals surface area contributed by atoms with Gasteiger partial charge in [0.2, 0.25) is 5.91 Å². The second kappa shape index (κ2) is 7.90. The first-order valence-corrected chi connectivity index (χ1v) is 9.85. The standard InChI is InChI=1S/C16H24BrN3OS/c17-13-5-8-22-15(13)11-20-7-2-3-12(10-20)9-19-16(21)14-4-1-6-18-14/h5,8,12,14,18H,1-4,6-7,9-11H2,(H,19,21). The van der Waals surface area contributed by atoms with Crippen LogP contribution in [0.2, 0.25) is 0 Å². The fraction of sp³-hybridized carbons (Fsp3) is 0.688. The second-order valence-corrected chi connectivity index (χ2v) is 8.18. The number of carbonyl (C=O) groups excluding carboxylic acids is 1. The van der Waals surface area contributed by atoms with E-state index in [-0.39, 0.29) is 11.9 Å². The molecular formula is C16H24BrN3OS. The van der Waals surface area contributed by atoms with Crippen LogP contribution in [0.4, 0.5) is 0 Å². The van der Waals surface area contributed by atoms with Gasteiger partial charge in [-0.2, -0.15) is 0 Å². The number of hydrogen-bond acceptors (Lipinski definition) is 4. The van der Waals surface area contributed by atoms with Crippen LogP contribution < -0.4 is 10.6 Å². The lowest BCUT2D eigenvalue weighted by molar-refractivity contribution is -0.123. The first-order chi connectivity index (χ1) is 10.7. The number of nitrogens with zero attached hydrogens (tertiary/aromatic N) is 1. The molecule has 2 saturated heterocycles. The molecule has 0 aliphatic carbocycles. The molecular weight excluding hydrogens is 362 g/mol. The van der Waals surface area contributed by atoms with Crippen molar-refractivity contribution < 1.29 is 4.79 Å². The van der Waals surface area contributed by atoms with E-state index in [1.165, 1.54) is 28.7 Å². The number of carbonyl (C=O) groups is 1. The monoisotopic (exact) mass is 385 g/mol. The molecule has 122 valence electrons. The highest BCUT2D eigenvalue weighted by molar-refractivity contribution is 9.10. The Labute approximate surface area is 144 Å². The summed E-state index contributed by atoms with van der Waals surface area (Å²) in [6.07, 6.45) is 4.55. The van der Waals surface area contributed by atoms with E-state index in [1.54, 1.807) is 0 Å². The minimum atomic E-state index is 0.0433. The van der Waals surface area contributed by atoms with Crippen LogP contribution in [0.3, 0.4) is 0 Å². The van der Waals surface area contributed by atoms with Crippen molar-refractivity contribution in [3.05, 3.63) is 20.8 Å². The number of likely N-dealkylation sites (tertiary alicyclic amines) is 1. The third-order valence-corrected chi connectivity index (χ3v) is 6.51. The first kappa shape index (κ1) is 16.4. The van der Waals surface area contributed by atoms with Crippen molar-refractivity contribution in [1.29, 1.82) is 0 Å². The Balaban J connectivity index is 1.44. The number of thiophene rings is 1. The lowest BCUT2D eigenvalue weighted by Crippen LogP contribution is -2.45. The predicted molar refractivity (Wildman–Crippen MR) is 94.1 cm³/mol. The van der Waals surface area contributed by atoms with E-state index in [4.69, 9.17) is 0 Å². The van der Waals surface area contributed by atoms with Crippen molar-refractivity contribution in [1.82, 2.24) is 15.5 Å². The molecule has 3 rings (SSSR count). The molecule has 0 aromatic carbocycles. The molecule has 0 spiro atoms. The molecule has 6 heteroatoms. The van der Waals surface area contributed by atoms with Gasteiger partial charge in [0.25, 0.3) is 0 Å². The number of halogens is 1. The van der Waals surface area contributed by atoms with E-state index in [0.29, 0.717) is 5.92 Å². The Kier molecular flexibility index (Phi) is 5.90. The number of piperidine rings is 1. The van der Waals surface area contributed by atoms with Gasteiger partial charge in [0.05, 0.1) is 6.04 Å². The summed E-state index contributed by atoms with van der Waals surface area (Å²) >= 11 is 5.43. The molecule has 0 bridgehead atoms.